The van der Waals surface area contributed by atoms with Crippen molar-refractivity contribution in [3.05, 3.63) is 32.9 Å². The molecular formula is C19H27F2IO. The summed E-state index contributed by atoms with van der Waals surface area (Å²) < 4.78 is 32.9. The highest BCUT2D eigenvalue weighted by atomic mass is 127. The van der Waals surface area contributed by atoms with E-state index < -0.39 is 13.0 Å². The monoisotopic (exact) mass is 436 g/mol. The normalized spacial score (nSPS) is 13.6. The van der Waals surface area contributed by atoms with E-state index >= 15 is 0 Å². The van der Waals surface area contributed by atoms with E-state index in [-0.39, 0.29) is 10.8 Å². The van der Waals surface area contributed by atoms with Gasteiger partial charge in [-0.05, 0) is 39.0 Å². The number of ether oxygens (including phenoxy) is 1. The Labute approximate surface area is 152 Å². The third kappa shape index (κ3) is 5.44. The van der Waals surface area contributed by atoms with Crippen LogP contribution in [0.3, 0.4) is 0 Å². The van der Waals surface area contributed by atoms with Gasteiger partial charge >= 0.3 is 0 Å². The minimum absolute atomic E-state index is 0.0262. The standard InChI is InChI=1S/C19H27F2IO/c1-12(10-22)14-8-13(18(2,3)4)9-15(19(5,6)7)17(14)23-11-16(20)21/h8-10,16H,11H2,1-7H3. The lowest BCUT2D eigenvalue weighted by Gasteiger charge is -2.29. The van der Waals surface area contributed by atoms with E-state index in [2.05, 4.69) is 76.3 Å². The summed E-state index contributed by atoms with van der Waals surface area (Å²) in [4.78, 5) is 0. The fourth-order valence-electron chi connectivity index (χ4n) is 2.27. The summed E-state index contributed by atoms with van der Waals surface area (Å²) in [5, 5.41) is 0. The van der Waals surface area contributed by atoms with Crippen LogP contribution in [-0.4, -0.2) is 13.0 Å². The highest BCUT2D eigenvalue weighted by Crippen LogP contribution is 2.41. The van der Waals surface area contributed by atoms with Crippen LogP contribution in [0.5, 0.6) is 5.75 Å². The van der Waals surface area contributed by atoms with Crippen molar-refractivity contribution < 1.29 is 13.5 Å². The first-order valence-corrected chi connectivity index (χ1v) is 8.99. The van der Waals surface area contributed by atoms with Crippen molar-refractivity contribution in [2.75, 3.05) is 6.61 Å². The lowest BCUT2D eigenvalue weighted by molar-refractivity contribution is 0.0807. The van der Waals surface area contributed by atoms with Gasteiger partial charge in [0.25, 0.3) is 6.43 Å². The second-order valence-electron chi connectivity index (χ2n) is 7.89. The largest absolute Gasteiger partial charge is 0.487 e. The maximum atomic E-state index is 12.7. The van der Waals surface area contributed by atoms with Gasteiger partial charge in [-0.15, -0.1) is 0 Å². The van der Waals surface area contributed by atoms with Gasteiger partial charge in [0.2, 0.25) is 0 Å². The Hall–Kier alpha value is -0.650. The molecule has 4 heteroatoms. The van der Waals surface area contributed by atoms with Crippen molar-refractivity contribution in [2.45, 2.75) is 65.7 Å². The molecule has 0 saturated heterocycles. The molecule has 0 atom stereocenters. The molecule has 0 unspecified atom stereocenters. The second-order valence-corrected chi connectivity index (χ2v) is 8.52. The Morgan fingerprint density at radius 2 is 1.70 bits per heavy atom. The lowest BCUT2D eigenvalue weighted by Crippen LogP contribution is -2.20. The highest BCUT2D eigenvalue weighted by Gasteiger charge is 2.27. The Balaban J connectivity index is 3.67. The van der Waals surface area contributed by atoms with Crippen LogP contribution < -0.4 is 4.74 Å². The second kappa shape index (κ2) is 7.49. The van der Waals surface area contributed by atoms with Crippen LogP contribution in [0.4, 0.5) is 8.78 Å². The molecule has 0 bridgehead atoms. The molecule has 0 radical (unpaired) electrons. The third-order valence-electron chi connectivity index (χ3n) is 3.71. The fourth-order valence-corrected chi connectivity index (χ4v) is 2.61. The molecule has 0 fully saturated rings. The molecule has 0 saturated carbocycles. The summed E-state index contributed by atoms with van der Waals surface area (Å²) in [6.07, 6.45) is -2.48. The minimum Gasteiger partial charge on any atom is -0.487 e. The number of benzene rings is 1. The van der Waals surface area contributed by atoms with Gasteiger partial charge in [-0.2, -0.15) is 0 Å². The van der Waals surface area contributed by atoms with Crippen LogP contribution in [0.15, 0.2) is 16.2 Å². The Bertz CT molecular complexity index is 578. The molecule has 1 nitrogen and oxygen atoms in total. The van der Waals surface area contributed by atoms with Crippen LogP contribution in [0.2, 0.25) is 0 Å². The summed E-state index contributed by atoms with van der Waals surface area (Å²) in [6, 6.07) is 4.17. The zero-order valence-electron chi connectivity index (χ0n) is 15.1. The smallest absolute Gasteiger partial charge is 0.272 e. The number of hydrogen-bond donors (Lipinski definition) is 0. The minimum atomic E-state index is -2.48. The number of hydrogen-bond acceptors (Lipinski definition) is 1. The summed E-state index contributed by atoms with van der Waals surface area (Å²) >= 11 is 2.17. The van der Waals surface area contributed by atoms with Gasteiger partial charge in [0.15, 0.2) is 0 Å². The average Bonchev–Trinajstić information content (AvgIpc) is 2.41. The van der Waals surface area contributed by atoms with E-state index in [9.17, 15) is 8.78 Å². The highest BCUT2D eigenvalue weighted by molar-refractivity contribution is 14.1. The predicted octanol–water partition coefficient (Wildman–Crippen LogP) is 6.72. The van der Waals surface area contributed by atoms with E-state index in [0.29, 0.717) is 5.75 Å². The maximum absolute atomic E-state index is 12.7. The molecule has 1 rings (SSSR count). The van der Waals surface area contributed by atoms with Gasteiger partial charge in [-0.1, -0.05) is 70.2 Å². The zero-order chi connectivity index (χ0) is 18.0. The van der Waals surface area contributed by atoms with Crippen LogP contribution in [-0.2, 0) is 10.8 Å². The summed E-state index contributed by atoms with van der Waals surface area (Å²) in [7, 11) is 0. The van der Waals surface area contributed by atoms with Gasteiger partial charge in [0.1, 0.15) is 12.4 Å². The van der Waals surface area contributed by atoms with E-state index in [0.717, 1.165) is 16.7 Å². The SMILES string of the molecule is CC(=CI)c1cc(C(C)(C)C)cc(C(C)(C)C)c1OCC(F)F. The number of rotatable bonds is 4. The van der Waals surface area contributed by atoms with Crippen molar-refractivity contribution >= 4 is 28.2 Å². The van der Waals surface area contributed by atoms with E-state index in [4.69, 9.17) is 4.74 Å². The van der Waals surface area contributed by atoms with Crippen LogP contribution in [0.1, 0.15) is 65.2 Å². The number of allylic oxidation sites excluding steroid dienone is 1. The van der Waals surface area contributed by atoms with Gasteiger partial charge in [-0.25, -0.2) is 8.78 Å². The first-order valence-electron chi connectivity index (χ1n) is 7.75. The fraction of sp³-hybridized carbons (Fsp3) is 0.579. The van der Waals surface area contributed by atoms with Crippen LogP contribution >= 0.6 is 22.6 Å². The number of alkyl halides is 2. The lowest BCUT2D eigenvalue weighted by atomic mass is 9.78. The van der Waals surface area contributed by atoms with E-state index in [1.54, 1.807) is 0 Å². The molecular weight excluding hydrogens is 409 g/mol. The molecule has 1 aromatic carbocycles. The van der Waals surface area contributed by atoms with E-state index in [1.165, 1.54) is 5.56 Å². The van der Waals surface area contributed by atoms with Crippen molar-refractivity contribution in [1.29, 1.82) is 0 Å². The summed E-state index contributed by atoms with van der Waals surface area (Å²) in [6.45, 7) is 14.1. The van der Waals surface area contributed by atoms with Crippen molar-refractivity contribution in [2.24, 2.45) is 0 Å². The Morgan fingerprint density at radius 1 is 1.13 bits per heavy atom. The molecule has 0 amide bonds. The van der Waals surface area contributed by atoms with Crippen molar-refractivity contribution in [1.82, 2.24) is 0 Å². The zero-order valence-corrected chi connectivity index (χ0v) is 17.2. The first kappa shape index (κ1) is 20.4. The first-order chi connectivity index (χ1) is 10.4. The molecule has 0 N–H and O–H groups in total. The quantitative estimate of drug-likeness (QED) is 0.476. The van der Waals surface area contributed by atoms with Gasteiger partial charge in [-0.3, -0.25) is 0 Å². The molecule has 130 valence electrons. The molecule has 0 aliphatic rings. The number of halogens is 3. The molecule has 23 heavy (non-hydrogen) atoms. The summed E-state index contributed by atoms with van der Waals surface area (Å²) in [5.41, 5.74) is 3.85. The Morgan fingerprint density at radius 3 is 2.09 bits per heavy atom. The van der Waals surface area contributed by atoms with Crippen molar-refractivity contribution in [3.8, 4) is 5.75 Å². The molecule has 0 aliphatic carbocycles. The van der Waals surface area contributed by atoms with Crippen LogP contribution in [0.25, 0.3) is 5.57 Å². The topological polar surface area (TPSA) is 9.23 Å². The predicted molar refractivity (Wildman–Crippen MR) is 103 cm³/mol. The molecule has 0 spiro atoms. The van der Waals surface area contributed by atoms with Gasteiger partial charge < -0.3 is 4.74 Å². The Kier molecular flexibility index (Phi) is 6.64. The molecule has 0 aromatic heterocycles. The molecule has 1 aromatic rings. The average molecular weight is 436 g/mol. The molecule has 0 aliphatic heterocycles. The van der Waals surface area contributed by atoms with Crippen LogP contribution in [0, 0.1) is 0 Å². The third-order valence-corrected chi connectivity index (χ3v) is 4.64. The van der Waals surface area contributed by atoms with Gasteiger partial charge in [0.05, 0.1) is 0 Å². The maximum Gasteiger partial charge on any atom is 0.272 e. The molecule has 0 heterocycles. The van der Waals surface area contributed by atoms with Gasteiger partial charge in [0, 0.05) is 11.1 Å². The van der Waals surface area contributed by atoms with E-state index in [1.807, 2.05) is 11.0 Å². The van der Waals surface area contributed by atoms with Crippen molar-refractivity contribution in [3.63, 3.8) is 0 Å². The summed E-state index contributed by atoms with van der Waals surface area (Å²) in [5.74, 6) is 0.580.